The minimum atomic E-state index is -4.22. The topological polar surface area (TPSA) is 134 Å². The summed E-state index contributed by atoms with van der Waals surface area (Å²) < 4.78 is 67.6. The van der Waals surface area contributed by atoms with E-state index in [2.05, 4.69) is 0 Å². The van der Waals surface area contributed by atoms with Gasteiger partial charge in [-0.3, -0.25) is 9.35 Å². The van der Waals surface area contributed by atoms with E-state index in [4.69, 9.17) is 4.74 Å². The van der Waals surface area contributed by atoms with Crippen molar-refractivity contribution in [3.63, 3.8) is 0 Å². The third-order valence-corrected chi connectivity index (χ3v) is 10.3. The van der Waals surface area contributed by atoms with Crippen LogP contribution in [-0.2, 0) is 31.5 Å². The highest BCUT2D eigenvalue weighted by atomic mass is 32.2. The number of amides is 1. The number of hydrogen-bond donors (Lipinski definition) is 2. The van der Waals surface area contributed by atoms with Crippen LogP contribution in [0.15, 0.2) is 90.3 Å². The van der Waals surface area contributed by atoms with Crippen LogP contribution in [0, 0.1) is 0 Å². The van der Waals surface area contributed by atoms with Crippen LogP contribution < -0.4 is 18.9 Å². The highest BCUT2D eigenvalue weighted by molar-refractivity contribution is 7.89. The zero-order chi connectivity index (χ0) is 32.4. The number of benzene rings is 3. The molecule has 236 valence electrons. The molecule has 10 nitrogen and oxygen atoms in total. The Labute approximate surface area is 267 Å². The van der Waals surface area contributed by atoms with E-state index in [1.807, 2.05) is 101 Å². The second-order valence-electron chi connectivity index (χ2n) is 10.8. The second kappa shape index (κ2) is 13.1. The smallest absolute Gasteiger partial charge is 0.299 e. The molecule has 1 unspecified atom stereocenters. The summed E-state index contributed by atoms with van der Waals surface area (Å²) in [6.07, 6.45) is 5.51. The molecule has 2 heterocycles. The first kappa shape index (κ1) is 32.4. The predicted octanol–water partition coefficient (Wildman–Crippen LogP) is 5.13. The molecule has 3 aromatic carbocycles. The van der Waals surface area contributed by atoms with Gasteiger partial charge in [-0.1, -0.05) is 66.8 Å². The third-order valence-electron chi connectivity index (χ3n) is 7.37. The molecule has 2 N–H and O–H groups in total. The van der Waals surface area contributed by atoms with Crippen LogP contribution in [0.25, 0.3) is 27.4 Å². The number of sulfonamides is 1. The van der Waals surface area contributed by atoms with Gasteiger partial charge in [0.2, 0.25) is 28.0 Å². The maximum atomic E-state index is 12.6. The zero-order valence-electron chi connectivity index (χ0n) is 25.0. The van der Waals surface area contributed by atoms with Crippen LogP contribution in [0.1, 0.15) is 31.7 Å². The van der Waals surface area contributed by atoms with Crippen molar-refractivity contribution < 1.29 is 35.5 Å². The van der Waals surface area contributed by atoms with E-state index in [1.54, 1.807) is 4.57 Å². The summed E-state index contributed by atoms with van der Waals surface area (Å²) in [6.45, 7) is 3.52. The molecule has 13 heteroatoms. The summed E-state index contributed by atoms with van der Waals surface area (Å²) in [7, 11) is -7.94. The van der Waals surface area contributed by atoms with Crippen molar-refractivity contribution in [2.24, 2.45) is 0 Å². The lowest BCUT2D eigenvalue weighted by Crippen LogP contribution is -2.45. The fraction of sp³-hybridized carbons (Fsp3) is 0.250. The number of nitrogens with zero attached hydrogens (tertiary/aromatic N) is 2. The molecule has 45 heavy (non-hydrogen) atoms. The maximum Gasteiger partial charge on any atom is 0.299 e. The summed E-state index contributed by atoms with van der Waals surface area (Å²) in [4.78, 5) is 14.5. The number of anilines is 1. The highest BCUT2D eigenvalue weighted by Gasteiger charge is 2.29. The van der Waals surface area contributed by atoms with Gasteiger partial charge in [0.05, 0.1) is 17.2 Å². The molecule has 1 aliphatic heterocycles. The van der Waals surface area contributed by atoms with E-state index < -0.39 is 31.3 Å². The first-order valence-corrected chi connectivity index (χ1v) is 18.5. The Balaban J connectivity index is 1.54. The van der Waals surface area contributed by atoms with Crippen molar-refractivity contribution >= 4 is 59.4 Å². The average Bonchev–Trinajstić information content (AvgIpc) is 3.50. The number of thiazole rings is 1. The van der Waals surface area contributed by atoms with Gasteiger partial charge < -0.3 is 9.64 Å². The SMILES string of the molecule is CCC(=Cc1sc2ccccc2[n+]1CC(=O)NS(C)(=O)=O)C=C1Oc2ccc(-c3ccccc3)cc2N1CCC(C)S(=O)(=O)O. The summed E-state index contributed by atoms with van der Waals surface area (Å²) >= 11 is 1.47. The molecule has 1 amide bonds. The van der Waals surface area contributed by atoms with E-state index in [0.29, 0.717) is 18.1 Å². The monoisotopic (exact) mass is 668 g/mol. The zero-order valence-corrected chi connectivity index (χ0v) is 27.5. The molecule has 0 fully saturated rings. The van der Waals surface area contributed by atoms with Gasteiger partial charge in [0.25, 0.3) is 21.0 Å². The Morgan fingerprint density at radius 3 is 2.44 bits per heavy atom. The molecule has 0 radical (unpaired) electrons. The fourth-order valence-corrected chi connectivity index (χ4v) is 7.00. The lowest BCUT2D eigenvalue weighted by Gasteiger charge is -2.20. The van der Waals surface area contributed by atoms with Gasteiger partial charge in [0.1, 0.15) is 4.70 Å². The molecule has 0 aliphatic carbocycles. The summed E-state index contributed by atoms with van der Waals surface area (Å²) in [5.74, 6) is 0.457. The van der Waals surface area contributed by atoms with E-state index >= 15 is 0 Å². The van der Waals surface area contributed by atoms with Crippen LogP contribution >= 0.6 is 11.3 Å². The number of rotatable bonds is 11. The number of hydrogen-bond acceptors (Lipinski definition) is 8. The van der Waals surface area contributed by atoms with Crippen molar-refractivity contribution in [2.45, 2.75) is 38.5 Å². The quantitative estimate of drug-likeness (QED) is 0.166. The molecular weight excluding hydrogens is 635 g/mol. The number of carbonyl (C=O) groups is 1. The number of ether oxygens (including phenoxy) is 1. The first-order valence-electron chi connectivity index (χ1n) is 14.3. The summed E-state index contributed by atoms with van der Waals surface area (Å²) in [6, 6.07) is 23.3. The van der Waals surface area contributed by atoms with Crippen LogP contribution in [0.2, 0.25) is 0 Å². The Hall–Kier alpha value is -4.04. The van der Waals surface area contributed by atoms with Crippen molar-refractivity contribution in [3.8, 4) is 16.9 Å². The second-order valence-corrected chi connectivity index (χ2v) is 15.4. The van der Waals surface area contributed by atoms with Crippen molar-refractivity contribution in [1.29, 1.82) is 0 Å². The van der Waals surface area contributed by atoms with Gasteiger partial charge in [-0.2, -0.15) is 13.0 Å². The maximum absolute atomic E-state index is 12.6. The van der Waals surface area contributed by atoms with Crippen LogP contribution in [0.5, 0.6) is 5.75 Å². The van der Waals surface area contributed by atoms with Crippen LogP contribution in [0.3, 0.4) is 0 Å². The molecule has 0 spiro atoms. The molecule has 4 aromatic rings. The van der Waals surface area contributed by atoms with E-state index in [1.165, 1.54) is 18.3 Å². The molecule has 0 saturated carbocycles. The van der Waals surface area contributed by atoms with Gasteiger partial charge in [0, 0.05) is 24.8 Å². The van der Waals surface area contributed by atoms with Crippen LogP contribution in [0.4, 0.5) is 5.69 Å². The highest BCUT2D eigenvalue weighted by Crippen LogP contribution is 2.42. The number of fused-ring (bicyclic) bond motifs is 2. The molecule has 5 rings (SSSR count). The van der Waals surface area contributed by atoms with E-state index in [-0.39, 0.29) is 19.5 Å². The lowest BCUT2D eigenvalue weighted by molar-refractivity contribution is -0.655. The molecule has 1 aliphatic rings. The largest absolute Gasteiger partial charge is 0.439 e. The van der Waals surface area contributed by atoms with E-state index in [0.717, 1.165) is 43.9 Å². The third kappa shape index (κ3) is 7.79. The standard InChI is InChI=1S/C32H33N3O7S3/c1-4-23(19-32-35(21-30(36)33-44(3,37)38)26-12-8-9-13-29(26)43-32)18-31-34(17-16-22(2)45(39,40)41)27-20-25(14-15-28(27)42-31)24-10-6-5-7-11-24/h5-15,18-20,22H,4,16-17,21H2,1-3H3,(H-,33,36,39,40,41)/p+1. The molecule has 1 atom stereocenters. The summed E-state index contributed by atoms with van der Waals surface area (Å²) in [5, 5.41) is -0.237. The number of allylic oxidation sites excluding steroid dienone is 2. The molecule has 1 aromatic heterocycles. The van der Waals surface area contributed by atoms with Gasteiger partial charge in [-0.25, -0.2) is 13.1 Å². The fourth-order valence-electron chi connectivity index (χ4n) is 4.98. The van der Waals surface area contributed by atoms with Gasteiger partial charge in [-0.15, -0.1) is 0 Å². The molecular formula is C32H34N3O7S3+. The van der Waals surface area contributed by atoms with Crippen molar-refractivity contribution in [3.05, 3.63) is 95.3 Å². The summed E-state index contributed by atoms with van der Waals surface area (Å²) in [5.41, 5.74) is 4.41. The lowest BCUT2D eigenvalue weighted by atomic mass is 10.0. The normalized spacial score (nSPS) is 15.2. The van der Waals surface area contributed by atoms with Gasteiger partial charge in [0.15, 0.2) is 5.75 Å². The average molecular weight is 669 g/mol. The van der Waals surface area contributed by atoms with Gasteiger partial charge >= 0.3 is 0 Å². The minimum absolute atomic E-state index is 0.158. The Morgan fingerprint density at radius 2 is 1.76 bits per heavy atom. The van der Waals surface area contributed by atoms with Crippen LogP contribution in [-0.4, -0.2) is 45.3 Å². The van der Waals surface area contributed by atoms with Crippen molar-refractivity contribution in [2.75, 3.05) is 17.7 Å². The number of para-hydroxylation sites is 1. The predicted molar refractivity (Wildman–Crippen MR) is 177 cm³/mol. The Morgan fingerprint density at radius 1 is 1.04 bits per heavy atom. The molecule has 0 bridgehead atoms. The first-order chi connectivity index (χ1) is 21.3. The van der Waals surface area contributed by atoms with Crippen molar-refractivity contribution in [1.82, 2.24) is 4.72 Å². The Kier molecular flexibility index (Phi) is 9.44. The van der Waals surface area contributed by atoms with Gasteiger partial charge in [-0.05, 0) is 54.7 Å². The minimum Gasteiger partial charge on any atom is -0.439 e. The van der Waals surface area contributed by atoms with E-state index in [9.17, 15) is 26.2 Å². The molecule has 0 saturated heterocycles. The number of nitrogens with one attached hydrogen (secondary N) is 1. The number of aromatic nitrogens is 1. The Bertz CT molecular complexity index is 2020. The number of carbonyl (C=O) groups excluding carboxylic acids is 1.